The van der Waals surface area contributed by atoms with Gasteiger partial charge in [-0.3, -0.25) is 4.79 Å². The van der Waals surface area contributed by atoms with E-state index in [1.165, 1.54) is 11.3 Å². The van der Waals surface area contributed by atoms with Crippen LogP contribution in [0.15, 0.2) is 5.51 Å². The number of carbonyl (C=O) groups is 1. The highest BCUT2D eigenvalue weighted by Crippen LogP contribution is 2.35. The Bertz CT molecular complexity index is 296. The Morgan fingerprint density at radius 3 is 3.45 bits per heavy atom. The van der Waals surface area contributed by atoms with E-state index in [-0.39, 0.29) is 6.61 Å². The monoisotopic (exact) mass is 171 g/mol. The summed E-state index contributed by atoms with van der Waals surface area (Å²) < 4.78 is 5.03. The van der Waals surface area contributed by atoms with Crippen LogP contribution in [0, 0.1) is 0 Å². The van der Waals surface area contributed by atoms with Gasteiger partial charge in [0.1, 0.15) is 12.5 Å². The van der Waals surface area contributed by atoms with Crippen molar-refractivity contribution in [3.63, 3.8) is 0 Å². The molecule has 0 aliphatic carbocycles. The topological polar surface area (TPSA) is 59.4 Å². The lowest BCUT2D eigenvalue weighted by Gasteiger charge is -1.97. The second-order valence-corrected chi connectivity index (χ2v) is 3.11. The summed E-state index contributed by atoms with van der Waals surface area (Å²) in [5.41, 5.74) is 1.60. The van der Waals surface area contributed by atoms with Crippen LogP contribution >= 0.6 is 11.3 Å². The summed E-state index contributed by atoms with van der Waals surface area (Å²) in [7, 11) is 0. The number of nitrogens with zero attached hydrogens (tertiary/aromatic N) is 1. The lowest BCUT2D eigenvalue weighted by Crippen LogP contribution is -2.11. The van der Waals surface area contributed by atoms with E-state index in [1.807, 2.05) is 0 Å². The number of thiazole rings is 1. The van der Waals surface area contributed by atoms with Crippen molar-refractivity contribution in [3.8, 4) is 5.88 Å². The van der Waals surface area contributed by atoms with Crippen LogP contribution in [0.2, 0.25) is 0 Å². The van der Waals surface area contributed by atoms with Crippen molar-refractivity contribution in [2.75, 3.05) is 6.61 Å². The summed E-state index contributed by atoms with van der Waals surface area (Å²) in [4.78, 5) is 15.2. The van der Waals surface area contributed by atoms with Gasteiger partial charge in [0.2, 0.25) is 5.88 Å². The van der Waals surface area contributed by atoms with Gasteiger partial charge in [-0.2, -0.15) is 0 Å². The first-order valence-corrected chi connectivity index (χ1v) is 3.96. The van der Waals surface area contributed by atoms with E-state index in [4.69, 9.17) is 9.84 Å². The molecule has 11 heavy (non-hydrogen) atoms. The molecule has 1 aromatic heterocycles. The molecule has 1 N–H and O–H groups in total. The molecule has 58 valence electrons. The molecule has 0 amide bonds. The maximum atomic E-state index is 10.6. The molecule has 1 aromatic rings. The van der Waals surface area contributed by atoms with Gasteiger partial charge in [0.25, 0.3) is 0 Å². The molecule has 1 atom stereocenters. The maximum Gasteiger partial charge on any atom is 0.315 e. The van der Waals surface area contributed by atoms with Crippen molar-refractivity contribution >= 4 is 17.3 Å². The van der Waals surface area contributed by atoms with Crippen molar-refractivity contribution in [2.24, 2.45) is 0 Å². The van der Waals surface area contributed by atoms with Gasteiger partial charge < -0.3 is 9.84 Å². The van der Waals surface area contributed by atoms with Crippen molar-refractivity contribution in [1.82, 2.24) is 4.98 Å². The molecule has 0 saturated heterocycles. The van der Waals surface area contributed by atoms with Gasteiger partial charge in [0.05, 0.1) is 10.4 Å². The minimum Gasteiger partial charge on any atom is -0.481 e. The Hall–Kier alpha value is -1.10. The zero-order valence-electron chi connectivity index (χ0n) is 5.48. The zero-order chi connectivity index (χ0) is 7.84. The fourth-order valence-corrected chi connectivity index (χ4v) is 1.81. The first-order valence-electron chi connectivity index (χ1n) is 3.08. The zero-order valence-corrected chi connectivity index (χ0v) is 6.30. The van der Waals surface area contributed by atoms with E-state index in [0.717, 1.165) is 4.88 Å². The van der Waals surface area contributed by atoms with Gasteiger partial charge in [0.15, 0.2) is 0 Å². The van der Waals surface area contributed by atoms with Crippen molar-refractivity contribution in [1.29, 1.82) is 0 Å². The van der Waals surface area contributed by atoms with E-state index in [9.17, 15) is 4.79 Å². The molecule has 0 aromatic carbocycles. The number of hydrogen-bond acceptors (Lipinski definition) is 4. The van der Waals surface area contributed by atoms with Crippen LogP contribution in [0.5, 0.6) is 5.88 Å². The van der Waals surface area contributed by atoms with Crippen molar-refractivity contribution in [2.45, 2.75) is 5.92 Å². The van der Waals surface area contributed by atoms with Crippen LogP contribution in [-0.2, 0) is 4.79 Å². The summed E-state index contributed by atoms with van der Waals surface area (Å²) in [5.74, 6) is -0.854. The van der Waals surface area contributed by atoms with Gasteiger partial charge in [0, 0.05) is 0 Å². The van der Waals surface area contributed by atoms with E-state index >= 15 is 0 Å². The summed E-state index contributed by atoms with van der Waals surface area (Å²) in [6, 6.07) is 0. The number of ether oxygens (including phenoxy) is 1. The van der Waals surface area contributed by atoms with E-state index in [1.54, 1.807) is 5.51 Å². The van der Waals surface area contributed by atoms with Crippen molar-refractivity contribution < 1.29 is 14.6 Å². The van der Waals surface area contributed by atoms with Crippen LogP contribution in [0.25, 0.3) is 0 Å². The minimum atomic E-state index is -0.840. The molecule has 1 aliphatic heterocycles. The lowest BCUT2D eigenvalue weighted by molar-refractivity contribution is -0.138. The first kappa shape index (κ1) is 6.60. The first-order chi connectivity index (χ1) is 5.29. The normalized spacial score (nSPS) is 20.9. The quantitative estimate of drug-likeness (QED) is 0.675. The predicted octanol–water partition coefficient (Wildman–Crippen LogP) is 0.704. The van der Waals surface area contributed by atoms with E-state index in [0.29, 0.717) is 5.88 Å². The third-order valence-electron chi connectivity index (χ3n) is 1.56. The van der Waals surface area contributed by atoms with Gasteiger partial charge >= 0.3 is 5.97 Å². The summed E-state index contributed by atoms with van der Waals surface area (Å²) in [6.07, 6.45) is 0. The number of rotatable bonds is 1. The van der Waals surface area contributed by atoms with Crippen LogP contribution < -0.4 is 4.74 Å². The maximum absolute atomic E-state index is 10.6. The Labute approximate surface area is 66.4 Å². The molecule has 4 nitrogen and oxygen atoms in total. The van der Waals surface area contributed by atoms with Crippen molar-refractivity contribution in [3.05, 3.63) is 10.4 Å². The molecule has 0 bridgehead atoms. The van der Waals surface area contributed by atoms with E-state index in [2.05, 4.69) is 4.98 Å². The highest BCUT2D eigenvalue weighted by molar-refractivity contribution is 7.10. The third-order valence-corrected chi connectivity index (χ3v) is 2.49. The Kier molecular flexibility index (Phi) is 1.32. The number of aromatic nitrogens is 1. The Morgan fingerprint density at radius 1 is 1.91 bits per heavy atom. The molecular formula is C6H5NO3S. The Balaban J connectivity index is 2.38. The largest absolute Gasteiger partial charge is 0.481 e. The molecule has 2 heterocycles. The fourth-order valence-electron chi connectivity index (χ4n) is 1.01. The number of fused-ring (bicyclic) bond motifs is 1. The molecule has 0 radical (unpaired) electrons. The fraction of sp³-hybridized carbons (Fsp3) is 0.333. The van der Waals surface area contributed by atoms with Crippen LogP contribution in [0.3, 0.4) is 0 Å². The summed E-state index contributed by atoms with van der Waals surface area (Å²) in [5, 5.41) is 8.68. The van der Waals surface area contributed by atoms with Crippen LogP contribution in [0.4, 0.5) is 0 Å². The van der Waals surface area contributed by atoms with Gasteiger partial charge in [-0.25, -0.2) is 4.98 Å². The Morgan fingerprint density at radius 2 is 2.73 bits per heavy atom. The average molecular weight is 171 g/mol. The second kappa shape index (κ2) is 2.20. The molecule has 1 unspecified atom stereocenters. The van der Waals surface area contributed by atoms with E-state index < -0.39 is 11.9 Å². The average Bonchev–Trinajstić information content (AvgIpc) is 2.41. The summed E-state index contributed by atoms with van der Waals surface area (Å²) >= 11 is 1.33. The molecular weight excluding hydrogens is 166 g/mol. The predicted molar refractivity (Wildman–Crippen MR) is 38.0 cm³/mol. The summed E-state index contributed by atoms with van der Waals surface area (Å²) in [6.45, 7) is 0.227. The number of hydrogen-bond donors (Lipinski definition) is 1. The number of aliphatic carboxylic acids is 1. The molecule has 0 saturated carbocycles. The molecule has 0 fully saturated rings. The lowest BCUT2D eigenvalue weighted by atomic mass is 10.1. The highest BCUT2D eigenvalue weighted by Gasteiger charge is 2.32. The van der Waals surface area contributed by atoms with Gasteiger partial charge in [-0.05, 0) is 0 Å². The van der Waals surface area contributed by atoms with Gasteiger partial charge in [-0.15, -0.1) is 11.3 Å². The minimum absolute atomic E-state index is 0.227. The number of carboxylic acid groups (broad SMARTS) is 1. The molecule has 5 heteroatoms. The third kappa shape index (κ3) is 0.883. The highest BCUT2D eigenvalue weighted by atomic mass is 32.1. The smallest absolute Gasteiger partial charge is 0.315 e. The SMILES string of the molecule is O=C(O)C1COc2ncsc21. The van der Waals surface area contributed by atoms with Crippen LogP contribution in [-0.4, -0.2) is 22.7 Å². The number of carboxylic acids is 1. The molecule has 1 aliphatic rings. The second-order valence-electron chi connectivity index (χ2n) is 2.22. The van der Waals surface area contributed by atoms with Crippen LogP contribution in [0.1, 0.15) is 10.8 Å². The molecule has 0 spiro atoms. The van der Waals surface area contributed by atoms with Gasteiger partial charge in [-0.1, -0.05) is 0 Å². The molecule has 2 rings (SSSR count). The standard InChI is InChI=1S/C6H5NO3S/c8-6(9)3-1-10-5-4(3)11-2-7-5/h2-3H,1H2,(H,8,9).